The van der Waals surface area contributed by atoms with Crippen molar-refractivity contribution >= 4 is 33.2 Å². The molecule has 1 atom stereocenters. The minimum absolute atomic E-state index is 0. The molecular weight excluding hydrogens is 673 g/mol. The molecule has 0 saturated carbocycles. The number of rotatable bonds is 3. The normalized spacial score (nSPS) is 19.2. The third-order valence-corrected chi connectivity index (χ3v) is 8.30. The molecule has 4 aromatic carbocycles. The van der Waals surface area contributed by atoms with E-state index in [1.807, 2.05) is 14.1 Å². The van der Waals surface area contributed by atoms with Gasteiger partial charge in [-0.05, 0) is 50.5 Å². The summed E-state index contributed by atoms with van der Waals surface area (Å²) in [4.78, 5) is 8.35. The van der Waals surface area contributed by atoms with Crippen molar-refractivity contribution in [1.82, 2.24) is 14.4 Å². The van der Waals surface area contributed by atoms with Crippen molar-refractivity contribution in [2.75, 3.05) is 23.9 Å². The van der Waals surface area contributed by atoms with E-state index < -0.39 is 5.41 Å². The monoisotopic (exact) mass is 700 g/mol. The van der Waals surface area contributed by atoms with E-state index in [1.165, 1.54) is 27.4 Å². The van der Waals surface area contributed by atoms with Gasteiger partial charge in [0, 0.05) is 27.2 Å². The van der Waals surface area contributed by atoms with Crippen molar-refractivity contribution in [3.63, 3.8) is 0 Å². The zero-order valence-corrected chi connectivity index (χ0v) is 24.7. The summed E-state index contributed by atoms with van der Waals surface area (Å²) in [6.07, 6.45) is 8.25. The summed E-state index contributed by atoms with van der Waals surface area (Å²) >= 11 is 0. The zero-order valence-electron chi connectivity index (χ0n) is 22.4. The number of nitrogens with zero attached hydrogens (tertiary/aromatic N) is 5. The Balaban J connectivity index is 0.00000264. The summed E-state index contributed by atoms with van der Waals surface area (Å²) < 4.78 is 2.43. The van der Waals surface area contributed by atoms with Gasteiger partial charge in [-0.3, -0.25) is 0 Å². The molecule has 1 unspecified atom stereocenters. The van der Waals surface area contributed by atoms with Crippen LogP contribution >= 0.6 is 0 Å². The molecule has 0 amide bonds. The molecule has 3 aliphatic rings. The molecule has 0 bridgehead atoms. The molecule has 6 heteroatoms. The maximum absolute atomic E-state index is 3.88. The Morgan fingerprint density at radius 3 is 2.08 bits per heavy atom. The standard InChI is InChI=1S/C34H27N5.Pt/c1-34(24-8-6-9-25(20-24)37-18-16-35(2)22-37)29-12-7-11-28-27-10-4-5-13-31(27)39(33(28)29)32-15-14-26(21-30(32)34)38-19-17-36(3)23-38;/h4-19,22-23H,1-3H3;/q-4;+4. The average molecular weight is 701 g/mol. The van der Waals surface area contributed by atoms with Gasteiger partial charge in [-0.15, -0.1) is 34.6 Å². The number of hydrogen-bond donors (Lipinski definition) is 0. The Morgan fingerprint density at radius 2 is 1.35 bits per heavy atom. The molecule has 0 radical (unpaired) electrons. The Labute approximate surface area is 249 Å². The van der Waals surface area contributed by atoms with Crippen LogP contribution in [0.2, 0.25) is 0 Å². The maximum Gasteiger partial charge on any atom is 4.00 e. The Bertz CT molecular complexity index is 1850. The Morgan fingerprint density at radius 1 is 0.675 bits per heavy atom. The molecule has 0 fully saturated rings. The first-order valence-corrected chi connectivity index (χ1v) is 13.2. The molecule has 0 aliphatic carbocycles. The van der Waals surface area contributed by atoms with Crippen LogP contribution in [0.25, 0.3) is 27.5 Å². The fourth-order valence-electron chi connectivity index (χ4n) is 6.36. The van der Waals surface area contributed by atoms with Crippen LogP contribution in [-0.2, 0) is 26.5 Å². The van der Waals surface area contributed by atoms with E-state index in [2.05, 4.69) is 154 Å². The Kier molecular flexibility index (Phi) is 5.66. The van der Waals surface area contributed by atoms with Crippen molar-refractivity contribution in [2.24, 2.45) is 0 Å². The number of para-hydroxylation sites is 2. The van der Waals surface area contributed by atoms with E-state index in [0.717, 1.165) is 28.2 Å². The van der Waals surface area contributed by atoms with Gasteiger partial charge in [0.2, 0.25) is 0 Å². The van der Waals surface area contributed by atoms with Crippen LogP contribution in [0.3, 0.4) is 0 Å². The molecular formula is C34H27N5Pt. The first-order valence-electron chi connectivity index (χ1n) is 13.2. The van der Waals surface area contributed by atoms with Gasteiger partial charge in [0.05, 0.1) is 0 Å². The third-order valence-electron chi connectivity index (χ3n) is 8.30. The van der Waals surface area contributed by atoms with Gasteiger partial charge in [0.1, 0.15) is 0 Å². The van der Waals surface area contributed by atoms with Gasteiger partial charge in [-0.2, -0.15) is 43.7 Å². The SMILES string of the molecule is CN1C=CN(c2[c-]c(C3(C)c4[c-]c(N5C=CN(C)[CH-]5)ccc4-n4c5ccccc5c5cccc3c54)ccc2)[CH-]1.[Pt+4]. The van der Waals surface area contributed by atoms with E-state index in [1.54, 1.807) is 0 Å². The van der Waals surface area contributed by atoms with Crippen LogP contribution in [0, 0.1) is 25.5 Å². The van der Waals surface area contributed by atoms with Crippen LogP contribution in [-0.4, -0.2) is 28.5 Å². The number of anilines is 2. The predicted octanol–water partition coefficient (Wildman–Crippen LogP) is 6.73. The smallest absolute Gasteiger partial charge is 0.510 e. The summed E-state index contributed by atoms with van der Waals surface area (Å²) in [6.45, 7) is 6.49. The summed E-state index contributed by atoms with van der Waals surface area (Å²) in [5.41, 5.74) is 8.72. The van der Waals surface area contributed by atoms with Gasteiger partial charge in [-0.25, -0.2) is 0 Å². The first kappa shape index (κ1) is 25.0. The quantitative estimate of drug-likeness (QED) is 0.194. The summed E-state index contributed by atoms with van der Waals surface area (Å²) in [5.74, 6) is 0. The third kappa shape index (κ3) is 3.43. The molecule has 5 nitrogen and oxygen atoms in total. The molecule has 8 rings (SSSR count). The largest absolute Gasteiger partial charge is 4.00 e. The van der Waals surface area contributed by atoms with Crippen molar-refractivity contribution in [3.05, 3.63) is 140 Å². The second-order valence-corrected chi connectivity index (χ2v) is 10.7. The fourth-order valence-corrected chi connectivity index (χ4v) is 6.36. The molecule has 40 heavy (non-hydrogen) atoms. The summed E-state index contributed by atoms with van der Waals surface area (Å²) in [5, 5.41) is 2.54. The van der Waals surface area contributed by atoms with Crippen molar-refractivity contribution in [1.29, 1.82) is 0 Å². The van der Waals surface area contributed by atoms with Crippen molar-refractivity contribution < 1.29 is 21.1 Å². The van der Waals surface area contributed by atoms with Crippen LogP contribution in [0.5, 0.6) is 0 Å². The molecule has 0 saturated heterocycles. The molecule has 0 spiro atoms. The van der Waals surface area contributed by atoms with Gasteiger partial charge < -0.3 is 24.2 Å². The van der Waals surface area contributed by atoms with E-state index >= 15 is 0 Å². The minimum Gasteiger partial charge on any atom is -0.510 e. The van der Waals surface area contributed by atoms with Crippen molar-refractivity contribution in [2.45, 2.75) is 12.3 Å². The molecule has 198 valence electrons. The van der Waals surface area contributed by atoms with Gasteiger partial charge in [0.25, 0.3) is 0 Å². The molecule has 4 heterocycles. The van der Waals surface area contributed by atoms with Crippen LogP contribution in [0.15, 0.2) is 97.6 Å². The van der Waals surface area contributed by atoms with Crippen LogP contribution in [0.1, 0.15) is 23.6 Å². The number of hydrogen-bond acceptors (Lipinski definition) is 4. The van der Waals surface area contributed by atoms with Gasteiger partial charge in [0.15, 0.2) is 0 Å². The number of aromatic nitrogens is 1. The Hall–Kier alpha value is -3.95. The second-order valence-electron chi connectivity index (χ2n) is 10.7. The fraction of sp³-hybridized carbons (Fsp3) is 0.118. The molecule has 3 aliphatic heterocycles. The predicted molar refractivity (Wildman–Crippen MR) is 158 cm³/mol. The summed E-state index contributed by atoms with van der Waals surface area (Å²) in [6, 6.07) is 34.1. The van der Waals surface area contributed by atoms with E-state index in [0.29, 0.717) is 0 Å². The van der Waals surface area contributed by atoms with E-state index in [9.17, 15) is 0 Å². The second kappa shape index (κ2) is 9.04. The first-order chi connectivity index (χ1) is 19.0. The minimum atomic E-state index is -0.476. The van der Waals surface area contributed by atoms with E-state index in [4.69, 9.17) is 0 Å². The van der Waals surface area contributed by atoms with Gasteiger partial charge >= 0.3 is 21.1 Å². The molecule has 1 aromatic heterocycles. The summed E-state index contributed by atoms with van der Waals surface area (Å²) in [7, 11) is 4.08. The average Bonchev–Trinajstić information content (AvgIpc) is 3.69. The molecule has 0 N–H and O–H groups in total. The van der Waals surface area contributed by atoms with Crippen molar-refractivity contribution in [3.8, 4) is 5.69 Å². The zero-order chi connectivity index (χ0) is 26.3. The molecule has 5 aromatic rings. The number of benzene rings is 4. The van der Waals surface area contributed by atoms with Gasteiger partial charge in [-0.1, -0.05) is 49.0 Å². The van der Waals surface area contributed by atoms with Crippen LogP contribution < -0.4 is 9.80 Å². The topological polar surface area (TPSA) is 17.9 Å². The van der Waals surface area contributed by atoms with Crippen LogP contribution in [0.4, 0.5) is 11.4 Å². The maximum atomic E-state index is 3.88. The number of fused-ring (bicyclic) bond motifs is 5. The van der Waals surface area contributed by atoms with E-state index in [-0.39, 0.29) is 21.1 Å².